The predicted molar refractivity (Wildman–Crippen MR) is 111 cm³/mol. The van der Waals surface area contributed by atoms with Gasteiger partial charge in [-0.1, -0.05) is 18.2 Å². The Balaban J connectivity index is 1.32. The van der Waals surface area contributed by atoms with Crippen LogP contribution in [0.3, 0.4) is 0 Å². The smallest absolute Gasteiger partial charge is 0.257 e. The molecule has 0 atom stereocenters. The molecule has 6 heteroatoms. The highest BCUT2D eigenvalue weighted by Gasteiger charge is 2.19. The van der Waals surface area contributed by atoms with Crippen LogP contribution in [-0.4, -0.2) is 30.6 Å². The normalized spacial score (nSPS) is 14.8. The molecule has 0 radical (unpaired) electrons. The van der Waals surface area contributed by atoms with Gasteiger partial charge >= 0.3 is 0 Å². The summed E-state index contributed by atoms with van der Waals surface area (Å²) in [6.07, 6.45) is 3.80. The number of anilines is 3. The van der Waals surface area contributed by atoms with E-state index < -0.39 is 0 Å². The zero-order valence-corrected chi connectivity index (χ0v) is 15.9. The van der Waals surface area contributed by atoms with Crippen molar-refractivity contribution >= 4 is 23.1 Å². The molecule has 0 spiro atoms. The van der Waals surface area contributed by atoms with Crippen LogP contribution >= 0.6 is 0 Å². The molecule has 0 aliphatic carbocycles. The summed E-state index contributed by atoms with van der Waals surface area (Å²) >= 11 is 0. The summed E-state index contributed by atoms with van der Waals surface area (Å²) < 4.78 is 11.1. The van der Waals surface area contributed by atoms with Gasteiger partial charge in [0.25, 0.3) is 5.91 Å². The van der Waals surface area contributed by atoms with E-state index in [9.17, 15) is 4.79 Å². The molecule has 3 aromatic rings. The molecule has 1 N–H and O–H groups in total. The number of amides is 1. The van der Waals surface area contributed by atoms with Crippen molar-refractivity contribution in [2.24, 2.45) is 0 Å². The molecule has 0 saturated carbocycles. The van der Waals surface area contributed by atoms with Gasteiger partial charge in [0.05, 0.1) is 5.56 Å². The van der Waals surface area contributed by atoms with Gasteiger partial charge in [-0.3, -0.25) is 4.79 Å². The minimum absolute atomic E-state index is 0.209. The van der Waals surface area contributed by atoms with Crippen molar-refractivity contribution < 1.29 is 14.3 Å². The summed E-state index contributed by atoms with van der Waals surface area (Å²) in [4.78, 5) is 19.4. The van der Waals surface area contributed by atoms with Gasteiger partial charge in [-0.25, -0.2) is 4.98 Å². The largest absolute Gasteiger partial charge is 0.486 e. The Morgan fingerprint density at radius 3 is 2.72 bits per heavy atom. The van der Waals surface area contributed by atoms with Gasteiger partial charge in [0.2, 0.25) is 0 Å². The first kappa shape index (κ1) is 17.6. The first-order valence-electron chi connectivity index (χ1n) is 9.80. The quantitative estimate of drug-likeness (QED) is 0.730. The molecule has 6 nitrogen and oxygen atoms in total. The number of carbonyl (C=O) groups excluding carboxylic acids is 1. The summed E-state index contributed by atoms with van der Waals surface area (Å²) in [5, 5.41) is 2.89. The van der Waals surface area contributed by atoms with Crippen molar-refractivity contribution in [1.82, 2.24) is 4.98 Å². The molecule has 1 aromatic heterocycles. The standard InChI is InChI=1S/C23H21N3O3/c27-23(25-18-8-9-20-21(14-18)29-13-12-28-20)17-7-10-22(24-15-17)26-11-3-5-16-4-1-2-6-19(16)26/h1-2,4,6-10,14-15H,3,5,11-13H2,(H,25,27). The topological polar surface area (TPSA) is 63.7 Å². The van der Waals surface area contributed by atoms with E-state index in [1.165, 1.54) is 11.3 Å². The highest BCUT2D eigenvalue weighted by molar-refractivity contribution is 6.04. The van der Waals surface area contributed by atoms with Gasteiger partial charge in [0, 0.05) is 30.2 Å². The molecular formula is C23H21N3O3. The molecule has 3 heterocycles. The van der Waals surface area contributed by atoms with Crippen molar-refractivity contribution in [3.63, 3.8) is 0 Å². The van der Waals surface area contributed by atoms with E-state index in [4.69, 9.17) is 9.47 Å². The zero-order valence-electron chi connectivity index (χ0n) is 15.9. The number of ether oxygens (including phenoxy) is 2. The summed E-state index contributed by atoms with van der Waals surface area (Å²) in [7, 11) is 0. The van der Waals surface area contributed by atoms with Gasteiger partial charge in [-0.2, -0.15) is 0 Å². The molecule has 2 aliphatic rings. The molecule has 0 unspecified atom stereocenters. The molecule has 2 aliphatic heterocycles. The third-order valence-corrected chi connectivity index (χ3v) is 5.20. The van der Waals surface area contributed by atoms with Crippen LogP contribution in [0.15, 0.2) is 60.8 Å². The molecule has 146 valence electrons. The van der Waals surface area contributed by atoms with E-state index in [0.717, 1.165) is 25.2 Å². The zero-order chi connectivity index (χ0) is 19.6. The van der Waals surface area contributed by atoms with E-state index in [2.05, 4.69) is 33.4 Å². The number of aromatic nitrogens is 1. The third kappa shape index (κ3) is 3.49. The molecular weight excluding hydrogens is 366 g/mol. The minimum Gasteiger partial charge on any atom is -0.486 e. The van der Waals surface area contributed by atoms with E-state index in [0.29, 0.717) is 36.0 Å². The summed E-state index contributed by atoms with van der Waals surface area (Å²) in [6.45, 7) is 1.97. The number of benzene rings is 2. The minimum atomic E-state index is -0.209. The van der Waals surface area contributed by atoms with Crippen LogP contribution in [0.25, 0.3) is 0 Å². The average molecular weight is 387 g/mol. The lowest BCUT2D eigenvalue weighted by Gasteiger charge is -2.30. The first-order valence-corrected chi connectivity index (χ1v) is 9.80. The van der Waals surface area contributed by atoms with Gasteiger partial charge in [0.15, 0.2) is 11.5 Å². The Bertz CT molecular complexity index is 1050. The van der Waals surface area contributed by atoms with Gasteiger partial charge < -0.3 is 19.7 Å². The van der Waals surface area contributed by atoms with Crippen LogP contribution in [0, 0.1) is 0 Å². The highest BCUT2D eigenvalue weighted by atomic mass is 16.6. The van der Waals surface area contributed by atoms with Crippen molar-refractivity contribution in [2.75, 3.05) is 30.0 Å². The lowest BCUT2D eigenvalue weighted by molar-refractivity contribution is 0.102. The summed E-state index contributed by atoms with van der Waals surface area (Å²) in [5.74, 6) is 1.99. The number of para-hydroxylation sites is 1. The second-order valence-corrected chi connectivity index (χ2v) is 7.10. The van der Waals surface area contributed by atoms with E-state index >= 15 is 0 Å². The summed E-state index contributed by atoms with van der Waals surface area (Å²) in [6, 6.07) is 17.5. The van der Waals surface area contributed by atoms with Crippen molar-refractivity contribution in [2.45, 2.75) is 12.8 Å². The number of pyridine rings is 1. The SMILES string of the molecule is O=C(Nc1ccc2c(c1)OCCO2)c1ccc(N2CCCc3ccccc32)nc1. The second-order valence-electron chi connectivity index (χ2n) is 7.10. The number of nitrogens with zero attached hydrogens (tertiary/aromatic N) is 2. The Kier molecular flexibility index (Phi) is 4.52. The number of hydrogen-bond acceptors (Lipinski definition) is 5. The van der Waals surface area contributed by atoms with E-state index in [1.54, 1.807) is 24.4 Å². The molecule has 5 rings (SSSR count). The average Bonchev–Trinajstić information content (AvgIpc) is 2.79. The van der Waals surface area contributed by atoms with E-state index in [-0.39, 0.29) is 5.91 Å². The first-order chi connectivity index (χ1) is 14.3. The molecule has 0 fully saturated rings. The number of hydrogen-bond donors (Lipinski definition) is 1. The molecule has 0 saturated heterocycles. The number of rotatable bonds is 3. The maximum absolute atomic E-state index is 12.6. The molecule has 1 amide bonds. The number of aryl methyl sites for hydroxylation is 1. The van der Waals surface area contributed by atoms with Crippen LogP contribution in [0.4, 0.5) is 17.2 Å². The Morgan fingerprint density at radius 2 is 1.86 bits per heavy atom. The number of carbonyl (C=O) groups is 1. The number of fused-ring (bicyclic) bond motifs is 2. The fraction of sp³-hybridized carbons (Fsp3) is 0.217. The second kappa shape index (κ2) is 7.47. The van der Waals surface area contributed by atoms with Crippen LogP contribution < -0.4 is 19.7 Å². The molecule has 2 aromatic carbocycles. The van der Waals surface area contributed by atoms with Gasteiger partial charge in [-0.05, 0) is 48.7 Å². The van der Waals surface area contributed by atoms with Gasteiger partial charge in [-0.15, -0.1) is 0 Å². The third-order valence-electron chi connectivity index (χ3n) is 5.20. The van der Waals surface area contributed by atoms with Crippen LogP contribution in [0.1, 0.15) is 22.3 Å². The molecule has 29 heavy (non-hydrogen) atoms. The lowest BCUT2D eigenvalue weighted by atomic mass is 10.0. The summed E-state index contributed by atoms with van der Waals surface area (Å²) in [5.41, 5.74) is 3.70. The Hall–Kier alpha value is -3.54. The predicted octanol–water partition coefficient (Wildman–Crippen LogP) is 4.19. The van der Waals surface area contributed by atoms with Crippen LogP contribution in [-0.2, 0) is 6.42 Å². The maximum atomic E-state index is 12.6. The van der Waals surface area contributed by atoms with Crippen LogP contribution in [0.5, 0.6) is 11.5 Å². The molecule has 0 bridgehead atoms. The maximum Gasteiger partial charge on any atom is 0.257 e. The highest BCUT2D eigenvalue weighted by Crippen LogP contribution is 2.33. The Morgan fingerprint density at radius 1 is 1.00 bits per heavy atom. The van der Waals surface area contributed by atoms with Crippen molar-refractivity contribution in [3.05, 3.63) is 71.9 Å². The van der Waals surface area contributed by atoms with Crippen LogP contribution in [0.2, 0.25) is 0 Å². The monoisotopic (exact) mass is 387 g/mol. The number of nitrogens with one attached hydrogen (secondary N) is 1. The fourth-order valence-corrected chi connectivity index (χ4v) is 3.78. The lowest BCUT2D eigenvalue weighted by Crippen LogP contribution is -2.25. The fourth-order valence-electron chi connectivity index (χ4n) is 3.78. The van der Waals surface area contributed by atoms with Gasteiger partial charge in [0.1, 0.15) is 19.0 Å². The van der Waals surface area contributed by atoms with E-state index in [1.807, 2.05) is 18.2 Å². The van der Waals surface area contributed by atoms with Crippen molar-refractivity contribution in [3.8, 4) is 11.5 Å². The Labute approximate surface area is 169 Å². The van der Waals surface area contributed by atoms with Crippen molar-refractivity contribution in [1.29, 1.82) is 0 Å².